The number of carbonyl (C=O) groups is 2. The molecule has 7 heteroatoms. The number of carbonyl (C=O) groups excluding carboxylic acids is 2. The Labute approximate surface area is 94.3 Å². The average molecular weight is 248 g/mol. The van der Waals surface area contributed by atoms with Gasteiger partial charge in [-0.15, -0.1) is 22.9 Å². The summed E-state index contributed by atoms with van der Waals surface area (Å²) < 4.78 is 0. The molecule has 0 spiro atoms. The number of hydrogen-bond donors (Lipinski definition) is 1. The molecular formula is C7H4ClN2O2S2. The highest BCUT2D eigenvalue weighted by molar-refractivity contribution is 7.80. The second-order valence-electron chi connectivity index (χ2n) is 2.15. The van der Waals surface area contributed by atoms with Crippen molar-refractivity contribution in [2.24, 2.45) is 0 Å². The van der Waals surface area contributed by atoms with E-state index in [-0.39, 0.29) is 17.5 Å². The van der Waals surface area contributed by atoms with Crippen LogP contribution in [-0.4, -0.2) is 27.9 Å². The number of aromatic nitrogens is 1. The molecule has 4 nitrogen and oxygen atoms in total. The van der Waals surface area contributed by atoms with Gasteiger partial charge < -0.3 is 5.32 Å². The van der Waals surface area contributed by atoms with E-state index in [0.29, 0.717) is 5.13 Å². The SMILES string of the molecule is O=C(CCl)Nc1nc(C(=O)[C]=S)cs1. The Morgan fingerprint density at radius 2 is 2.43 bits per heavy atom. The van der Waals surface area contributed by atoms with Crippen LogP contribution in [0.25, 0.3) is 0 Å². The molecule has 0 unspecified atom stereocenters. The summed E-state index contributed by atoms with van der Waals surface area (Å²) in [7, 11) is 0. The van der Waals surface area contributed by atoms with E-state index in [4.69, 9.17) is 11.6 Å². The van der Waals surface area contributed by atoms with Crippen molar-refractivity contribution in [1.82, 2.24) is 4.98 Å². The van der Waals surface area contributed by atoms with Crippen LogP contribution in [0.3, 0.4) is 0 Å². The number of thiazole rings is 1. The lowest BCUT2D eigenvalue weighted by Crippen LogP contribution is -2.12. The summed E-state index contributed by atoms with van der Waals surface area (Å²) in [6, 6.07) is 0. The van der Waals surface area contributed by atoms with Crippen LogP contribution in [0.5, 0.6) is 0 Å². The minimum Gasteiger partial charge on any atom is -0.301 e. The summed E-state index contributed by atoms with van der Waals surface area (Å²) in [5.41, 5.74) is 0.176. The number of anilines is 1. The number of amides is 1. The molecule has 0 aliphatic carbocycles. The van der Waals surface area contributed by atoms with Crippen LogP contribution in [-0.2, 0) is 4.79 Å². The van der Waals surface area contributed by atoms with E-state index < -0.39 is 5.78 Å². The Morgan fingerprint density at radius 1 is 1.71 bits per heavy atom. The van der Waals surface area contributed by atoms with E-state index in [2.05, 4.69) is 22.5 Å². The Hall–Kier alpha value is -0.850. The molecule has 0 saturated carbocycles. The molecule has 1 aromatic heterocycles. The van der Waals surface area contributed by atoms with Crippen molar-refractivity contribution in [2.45, 2.75) is 0 Å². The molecule has 73 valence electrons. The molecular weight excluding hydrogens is 244 g/mol. The van der Waals surface area contributed by atoms with Crippen LogP contribution in [0.15, 0.2) is 5.38 Å². The first-order valence-corrected chi connectivity index (χ1v) is 5.23. The van der Waals surface area contributed by atoms with Crippen LogP contribution in [0.4, 0.5) is 5.13 Å². The van der Waals surface area contributed by atoms with E-state index >= 15 is 0 Å². The highest BCUT2D eigenvalue weighted by Crippen LogP contribution is 2.15. The minimum absolute atomic E-state index is 0.151. The number of nitrogens with zero attached hydrogens (tertiary/aromatic N) is 1. The highest BCUT2D eigenvalue weighted by atomic mass is 35.5. The predicted molar refractivity (Wildman–Crippen MR) is 58.4 cm³/mol. The maximum atomic E-state index is 11.0. The molecule has 0 saturated heterocycles. The van der Waals surface area contributed by atoms with Gasteiger partial charge in [0.05, 0.1) is 0 Å². The smallest absolute Gasteiger partial charge is 0.241 e. The van der Waals surface area contributed by atoms with E-state index in [9.17, 15) is 9.59 Å². The lowest BCUT2D eigenvalue weighted by molar-refractivity contribution is -0.113. The molecule has 1 aromatic rings. The van der Waals surface area contributed by atoms with Gasteiger partial charge in [-0.3, -0.25) is 9.59 Å². The summed E-state index contributed by atoms with van der Waals surface area (Å²) in [5, 5.41) is 6.24. The molecule has 1 rings (SSSR count). The molecule has 0 aliphatic rings. The number of Topliss-reactive ketones (excluding diaryl/α,β-unsaturated/α-hetero) is 1. The van der Waals surface area contributed by atoms with Gasteiger partial charge >= 0.3 is 0 Å². The van der Waals surface area contributed by atoms with Crippen molar-refractivity contribution in [2.75, 3.05) is 11.2 Å². The summed E-state index contributed by atoms with van der Waals surface area (Å²) in [6.07, 6.45) is 0. The average Bonchev–Trinajstić information content (AvgIpc) is 2.65. The predicted octanol–water partition coefficient (Wildman–Crippen LogP) is 1.38. The topological polar surface area (TPSA) is 59.1 Å². The van der Waals surface area contributed by atoms with Gasteiger partial charge in [0.1, 0.15) is 16.9 Å². The Bertz CT molecular complexity index is 378. The summed E-state index contributed by atoms with van der Waals surface area (Å²) in [4.78, 5) is 25.6. The van der Waals surface area contributed by atoms with Crippen molar-refractivity contribution in [3.63, 3.8) is 0 Å². The molecule has 0 fully saturated rings. The second-order valence-corrected chi connectivity index (χ2v) is 3.48. The standard InChI is InChI=1S/C7H4ClN2O2S2/c8-1-6(12)10-7-9-4(3-14-7)5(11)2-13/h3H,1H2,(H,9,10,12). The van der Waals surface area contributed by atoms with Gasteiger partial charge in [-0.05, 0) is 0 Å². The first kappa shape index (κ1) is 11.2. The van der Waals surface area contributed by atoms with Crippen LogP contribution in [0.2, 0.25) is 0 Å². The summed E-state index contributed by atoms with van der Waals surface area (Å²) in [5.74, 6) is -0.990. The van der Waals surface area contributed by atoms with Crippen molar-refractivity contribution in [3.8, 4) is 0 Å². The first-order valence-electron chi connectivity index (χ1n) is 3.41. The maximum absolute atomic E-state index is 11.0. The lowest BCUT2D eigenvalue weighted by Gasteiger charge is -1.94. The highest BCUT2D eigenvalue weighted by Gasteiger charge is 2.09. The van der Waals surface area contributed by atoms with Crippen LogP contribution in [0.1, 0.15) is 10.5 Å². The Morgan fingerprint density at radius 3 is 3.00 bits per heavy atom. The number of halogens is 1. The molecule has 1 radical (unpaired) electrons. The van der Waals surface area contributed by atoms with E-state index in [1.807, 2.05) is 5.37 Å². The zero-order valence-electron chi connectivity index (χ0n) is 6.74. The van der Waals surface area contributed by atoms with Crippen molar-refractivity contribution in [1.29, 1.82) is 0 Å². The van der Waals surface area contributed by atoms with Crippen LogP contribution in [0, 0.1) is 0 Å². The largest absolute Gasteiger partial charge is 0.301 e. The summed E-state index contributed by atoms with van der Waals surface area (Å²) >= 11 is 10.7. The Balaban J connectivity index is 2.73. The number of rotatable bonds is 4. The molecule has 0 atom stereocenters. The van der Waals surface area contributed by atoms with Gasteiger partial charge in [0.15, 0.2) is 5.13 Å². The molecule has 1 amide bonds. The summed E-state index contributed by atoms with van der Waals surface area (Å²) in [6.45, 7) is 0. The third-order valence-corrected chi connectivity index (χ3v) is 2.38. The third kappa shape index (κ3) is 2.83. The second kappa shape index (κ2) is 5.14. The third-order valence-electron chi connectivity index (χ3n) is 1.20. The van der Waals surface area contributed by atoms with Crippen LogP contribution < -0.4 is 5.32 Å². The number of ketones is 1. The van der Waals surface area contributed by atoms with Crippen LogP contribution >= 0.6 is 35.2 Å². The molecule has 0 aromatic carbocycles. The molecule has 14 heavy (non-hydrogen) atoms. The van der Waals surface area contributed by atoms with Gasteiger partial charge in [-0.25, -0.2) is 4.98 Å². The molecule has 0 bridgehead atoms. The van der Waals surface area contributed by atoms with E-state index in [1.165, 1.54) is 5.38 Å². The fourth-order valence-corrected chi connectivity index (χ4v) is 1.52. The Kier molecular flexibility index (Phi) is 4.12. The van der Waals surface area contributed by atoms with Crippen molar-refractivity contribution >= 4 is 57.3 Å². The van der Waals surface area contributed by atoms with Gasteiger partial charge in [0.25, 0.3) is 0 Å². The van der Waals surface area contributed by atoms with Gasteiger partial charge in [-0.1, -0.05) is 12.2 Å². The normalized spacial score (nSPS) is 9.50. The number of hydrogen-bond acceptors (Lipinski definition) is 5. The quantitative estimate of drug-likeness (QED) is 0.496. The van der Waals surface area contributed by atoms with E-state index in [1.54, 1.807) is 0 Å². The minimum atomic E-state index is -0.470. The first-order chi connectivity index (χ1) is 6.67. The van der Waals surface area contributed by atoms with Gasteiger partial charge in [-0.2, -0.15) is 0 Å². The van der Waals surface area contributed by atoms with Crippen molar-refractivity contribution in [3.05, 3.63) is 11.1 Å². The van der Waals surface area contributed by atoms with Crippen molar-refractivity contribution < 1.29 is 9.59 Å². The number of alkyl halides is 1. The maximum Gasteiger partial charge on any atom is 0.241 e. The van der Waals surface area contributed by atoms with Gasteiger partial charge in [0.2, 0.25) is 11.7 Å². The number of nitrogens with one attached hydrogen (secondary N) is 1. The zero-order chi connectivity index (χ0) is 10.6. The lowest BCUT2D eigenvalue weighted by atomic mass is 10.4. The zero-order valence-corrected chi connectivity index (χ0v) is 9.13. The fourth-order valence-electron chi connectivity index (χ4n) is 0.640. The molecule has 1 heterocycles. The van der Waals surface area contributed by atoms with E-state index in [0.717, 1.165) is 11.3 Å². The fraction of sp³-hybridized carbons (Fsp3) is 0.143. The monoisotopic (exact) mass is 247 g/mol. The molecule has 1 N–H and O–H groups in total. The molecule has 0 aliphatic heterocycles. The van der Waals surface area contributed by atoms with Gasteiger partial charge in [0, 0.05) is 5.38 Å². The number of thiocarbonyl (C=S) groups is 1.